The van der Waals surface area contributed by atoms with Crippen molar-refractivity contribution in [3.63, 3.8) is 0 Å². The molecular weight excluding hydrogens is 236 g/mol. The summed E-state index contributed by atoms with van der Waals surface area (Å²) >= 11 is 0. The number of nitrogens with one attached hydrogen (secondary N) is 1. The van der Waals surface area contributed by atoms with Crippen molar-refractivity contribution in [1.29, 1.82) is 0 Å². The summed E-state index contributed by atoms with van der Waals surface area (Å²) in [5.74, 6) is -1.77. The van der Waals surface area contributed by atoms with Crippen LogP contribution in [-0.4, -0.2) is 39.7 Å². The van der Waals surface area contributed by atoms with Crippen molar-refractivity contribution in [2.45, 2.75) is 19.9 Å². The molecule has 0 aliphatic rings. The van der Waals surface area contributed by atoms with Crippen LogP contribution in [0.5, 0.6) is 0 Å². The molecule has 1 heterocycles. The van der Waals surface area contributed by atoms with Crippen LogP contribution in [-0.2, 0) is 0 Å². The molecule has 6 heteroatoms. The van der Waals surface area contributed by atoms with Gasteiger partial charge in [0.2, 0.25) is 0 Å². The number of hydrogen-bond acceptors (Lipinski definition) is 4. The van der Waals surface area contributed by atoms with Crippen LogP contribution < -0.4 is 5.32 Å². The molecule has 1 aromatic rings. The second-order valence-electron chi connectivity index (χ2n) is 4.21. The first-order valence-corrected chi connectivity index (χ1v) is 5.57. The zero-order valence-corrected chi connectivity index (χ0v) is 10.3. The maximum atomic E-state index is 11.9. The van der Waals surface area contributed by atoms with E-state index < -0.39 is 17.9 Å². The molecule has 0 fully saturated rings. The number of aliphatic hydroxyl groups excluding tert-OH is 1. The van der Waals surface area contributed by atoms with Gasteiger partial charge in [-0.3, -0.25) is 9.78 Å². The van der Waals surface area contributed by atoms with E-state index in [9.17, 15) is 9.59 Å². The largest absolute Gasteiger partial charge is 0.478 e. The first-order valence-electron chi connectivity index (χ1n) is 5.57. The highest BCUT2D eigenvalue weighted by molar-refractivity contribution is 6.03. The number of hydrogen-bond donors (Lipinski definition) is 3. The molecule has 98 valence electrons. The summed E-state index contributed by atoms with van der Waals surface area (Å²) in [7, 11) is 0. The fourth-order valence-corrected chi connectivity index (χ4v) is 1.42. The number of amides is 1. The van der Waals surface area contributed by atoms with Crippen molar-refractivity contribution >= 4 is 11.9 Å². The van der Waals surface area contributed by atoms with Gasteiger partial charge in [0.05, 0.1) is 18.2 Å². The minimum Gasteiger partial charge on any atom is -0.478 e. The van der Waals surface area contributed by atoms with E-state index in [2.05, 4.69) is 10.3 Å². The van der Waals surface area contributed by atoms with Crippen molar-refractivity contribution < 1.29 is 19.8 Å². The van der Waals surface area contributed by atoms with Gasteiger partial charge in [0.15, 0.2) is 0 Å². The van der Waals surface area contributed by atoms with Gasteiger partial charge in [-0.2, -0.15) is 0 Å². The highest BCUT2D eigenvalue weighted by Gasteiger charge is 2.21. The highest BCUT2D eigenvalue weighted by Crippen LogP contribution is 2.07. The number of aliphatic hydroxyl groups is 1. The lowest BCUT2D eigenvalue weighted by molar-refractivity contribution is 0.0688. The average Bonchev–Trinajstić information content (AvgIpc) is 2.35. The highest BCUT2D eigenvalue weighted by atomic mass is 16.4. The second kappa shape index (κ2) is 6.11. The van der Waals surface area contributed by atoms with Crippen molar-refractivity contribution in [3.05, 3.63) is 29.6 Å². The Labute approximate surface area is 105 Å². The molecule has 0 aliphatic heterocycles. The lowest BCUT2D eigenvalue weighted by Gasteiger charge is -2.19. The molecule has 18 heavy (non-hydrogen) atoms. The quantitative estimate of drug-likeness (QED) is 0.709. The monoisotopic (exact) mass is 252 g/mol. The molecule has 1 unspecified atom stereocenters. The first kappa shape index (κ1) is 14.1. The van der Waals surface area contributed by atoms with E-state index in [1.165, 1.54) is 18.3 Å². The van der Waals surface area contributed by atoms with E-state index >= 15 is 0 Å². The Morgan fingerprint density at radius 3 is 2.61 bits per heavy atom. The third-order valence-corrected chi connectivity index (χ3v) is 2.57. The summed E-state index contributed by atoms with van der Waals surface area (Å²) in [6.45, 7) is 3.48. The third kappa shape index (κ3) is 3.27. The van der Waals surface area contributed by atoms with Crippen LogP contribution in [0, 0.1) is 5.92 Å². The van der Waals surface area contributed by atoms with Gasteiger partial charge in [-0.1, -0.05) is 13.8 Å². The van der Waals surface area contributed by atoms with E-state index in [0.717, 1.165) is 0 Å². The number of nitrogens with zero attached hydrogens (tertiary/aromatic N) is 1. The van der Waals surface area contributed by atoms with E-state index in [1.54, 1.807) is 0 Å². The Morgan fingerprint density at radius 2 is 2.11 bits per heavy atom. The van der Waals surface area contributed by atoms with Gasteiger partial charge in [-0.15, -0.1) is 0 Å². The maximum absolute atomic E-state index is 11.9. The predicted octanol–water partition coefficient (Wildman–Crippen LogP) is 0.526. The molecule has 0 aliphatic carbocycles. The number of rotatable bonds is 5. The van der Waals surface area contributed by atoms with Gasteiger partial charge < -0.3 is 15.5 Å². The van der Waals surface area contributed by atoms with Crippen LogP contribution in [0.3, 0.4) is 0 Å². The summed E-state index contributed by atoms with van der Waals surface area (Å²) in [5, 5.41) is 20.6. The summed E-state index contributed by atoms with van der Waals surface area (Å²) in [6.07, 6.45) is 1.35. The number of carbonyl (C=O) groups is 2. The van der Waals surface area contributed by atoms with Crippen LogP contribution in [0.25, 0.3) is 0 Å². The van der Waals surface area contributed by atoms with E-state index in [-0.39, 0.29) is 23.8 Å². The molecule has 1 atom stereocenters. The molecule has 6 nitrogen and oxygen atoms in total. The van der Waals surface area contributed by atoms with Gasteiger partial charge >= 0.3 is 5.97 Å². The van der Waals surface area contributed by atoms with Crippen molar-refractivity contribution in [1.82, 2.24) is 10.3 Å². The number of aromatic carboxylic acids is 1. The zero-order valence-electron chi connectivity index (χ0n) is 10.3. The van der Waals surface area contributed by atoms with Gasteiger partial charge in [0, 0.05) is 6.20 Å². The Morgan fingerprint density at radius 1 is 1.44 bits per heavy atom. The van der Waals surface area contributed by atoms with Crippen LogP contribution in [0.2, 0.25) is 0 Å². The molecule has 0 aromatic carbocycles. The van der Waals surface area contributed by atoms with Crippen LogP contribution >= 0.6 is 0 Å². The number of carboxylic acids is 1. The molecule has 1 aromatic heterocycles. The topological polar surface area (TPSA) is 99.5 Å². The summed E-state index contributed by atoms with van der Waals surface area (Å²) in [4.78, 5) is 26.6. The fourth-order valence-electron chi connectivity index (χ4n) is 1.42. The molecule has 1 amide bonds. The van der Waals surface area contributed by atoms with Crippen molar-refractivity contribution in [2.75, 3.05) is 6.61 Å². The van der Waals surface area contributed by atoms with Crippen LogP contribution in [0.1, 0.15) is 34.7 Å². The lowest BCUT2D eigenvalue weighted by Crippen LogP contribution is -2.42. The van der Waals surface area contributed by atoms with Crippen molar-refractivity contribution in [2.24, 2.45) is 5.92 Å². The Bertz CT molecular complexity index is 445. The Balaban J connectivity index is 2.94. The van der Waals surface area contributed by atoms with E-state index in [0.29, 0.717) is 0 Å². The van der Waals surface area contributed by atoms with E-state index in [1.807, 2.05) is 13.8 Å². The van der Waals surface area contributed by atoms with Crippen LogP contribution in [0.4, 0.5) is 0 Å². The van der Waals surface area contributed by atoms with Gasteiger partial charge in [-0.05, 0) is 18.1 Å². The standard InChI is InChI=1S/C12H16N2O4/c1-7(2)9(6-15)14-11(16)10-8(12(17)18)4-3-5-13-10/h3-5,7,9,15H,6H2,1-2H3,(H,14,16)(H,17,18). The van der Waals surface area contributed by atoms with Gasteiger partial charge in [0.25, 0.3) is 5.91 Å². The summed E-state index contributed by atoms with van der Waals surface area (Å²) in [5.41, 5.74) is -0.306. The third-order valence-electron chi connectivity index (χ3n) is 2.57. The second-order valence-corrected chi connectivity index (χ2v) is 4.21. The molecule has 0 radical (unpaired) electrons. The normalized spacial score (nSPS) is 12.2. The summed E-state index contributed by atoms with van der Waals surface area (Å²) < 4.78 is 0. The van der Waals surface area contributed by atoms with Gasteiger partial charge in [-0.25, -0.2) is 4.79 Å². The Hall–Kier alpha value is -1.95. The molecule has 0 spiro atoms. The Kier molecular flexibility index (Phi) is 4.79. The fraction of sp³-hybridized carbons (Fsp3) is 0.417. The number of aromatic nitrogens is 1. The maximum Gasteiger partial charge on any atom is 0.338 e. The van der Waals surface area contributed by atoms with Crippen molar-refractivity contribution in [3.8, 4) is 0 Å². The molecular formula is C12H16N2O4. The predicted molar refractivity (Wildman–Crippen MR) is 64.4 cm³/mol. The summed E-state index contributed by atoms with van der Waals surface area (Å²) in [6, 6.07) is 2.33. The molecule has 3 N–H and O–H groups in total. The smallest absolute Gasteiger partial charge is 0.338 e. The van der Waals surface area contributed by atoms with Gasteiger partial charge in [0.1, 0.15) is 5.69 Å². The minimum atomic E-state index is -1.21. The number of pyridine rings is 1. The number of carbonyl (C=O) groups excluding carboxylic acids is 1. The van der Waals surface area contributed by atoms with Crippen LogP contribution in [0.15, 0.2) is 18.3 Å². The zero-order chi connectivity index (χ0) is 13.7. The minimum absolute atomic E-state index is 0.0379. The van der Waals surface area contributed by atoms with E-state index in [4.69, 9.17) is 10.2 Å². The number of carboxylic acid groups (broad SMARTS) is 1. The molecule has 0 saturated carbocycles. The SMILES string of the molecule is CC(C)C(CO)NC(=O)c1ncccc1C(=O)O. The lowest BCUT2D eigenvalue weighted by atomic mass is 10.0. The average molecular weight is 252 g/mol. The molecule has 1 rings (SSSR count). The first-order chi connectivity index (χ1) is 8.47. The molecule has 0 saturated heterocycles. The molecule has 0 bridgehead atoms.